The van der Waals surface area contributed by atoms with Crippen molar-refractivity contribution < 1.29 is 4.74 Å². The highest BCUT2D eigenvalue weighted by molar-refractivity contribution is 6.02. The average Bonchev–Trinajstić information content (AvgIpc) is 1.60. The van der Waals surface area contributed by atoms with E-state index in [9.17, 15) is 0 Å². The maximum absolute atomic E-state index is 5.99. The molecule has 0 spiro atoms. The average molecular weight is 1920 g/mol. The Kier molecular flexibility index (Phi) is 26.0. The number of hydrogen-bond acceptors (Lipinski definition) is 5. The van der Waals surface area contributed by atoms with Crippen molar-refractivity contribution in [3.8, 4) is 96.2 Å². The van der Waals surface area contributed by atoms with Gasteiger partial charge in [-0.05, 0) is 262 Å². The Balaban J connectivity index is 1.01. The molecule has 742 valence electrons. The topological polar surface area (TPSA) is 124 Å². The number of H-pyrrole nitrogens is 4. The first-order valence-corrected chi connectivity index (χ1v) is 52.2. The minimum absolute atomic E-state index is 0.173. The number of aromatic nitrogens is 8. The van der Waals surface area contributed by atoms with E-state index in [0.717, 1.165) is 151 Å². The Morgan fingerprint density at radius 3 is 0.531 bits per heavy atom. The summed E-state index contributed by atoms with van der Waals surface area (Å²) in [5.41, 5.74) is 40.2. The molecule has 0 aliphatic carbocycles. The molecule has 9 heteroatoms. The molecule has 0 unspecified atom stereocenters. The fourth-order valence-corrected chi connectivity index (χ4v) is 19.5. The van der Waals surface area contributed by atoms with E-state index >= 15 is 0 Å². The first-order chi connectivity index (χ1) is 67.3. The second kappa shape index (κ2) is 36.6. The summed E-state index contributed by atoms with van der Waals surface area (Å²) in [7, 11) is 1.71. The SMILES string of the molecule is COc1ccc([C+](C#Cc2c3nc(c(-c4cc(C(C)(C)C)cc(C(C)(C)C)c4)c4ccc([nH]4)c(-c4cc(C(C)(C)C)cc(C(C)(C)C)c4)c4nc(c(-c5cc(C(C)(C)C)cc(C(C)(C)C)c5)c5ccc2[nH]5)C=C4)C=C3)C#Cc2c3nc(c(-c4cc(C(C)(C)C)cc(C(C)(C)C)c4)c4ccc([nH]4)c(-c4cc(C(C)(C)C)cc(C(C)(C)C)c4)c4nc(c(-c5cc(C(C)(C)C)cc(C(C)(C)C)c5)c5ccc2[nH]5)C=C4)C=C3)cc1. The Hall–Kier alpha value is -13.5. The number of nitrogens with one attached hydrogen (secondary N) is 4. The molecule has 4 aliphatic heterocycles. The molecule has 145 heavy (non-hydrogen) atoms. The van der Waals surface area contributed by atoms with E-state index in [1.165, 1.54) is 66.8 Å². The van der Waals surface area contributed by atoms with Crippen LogP contribution in [0.5, 0.6) is 5.75 Å². The van der Waals surface area contributed by atoms with Crippen LogP contribution in [0.15, 0.2) is 182 Å². The molecule has 13 aromatic rings. The van der Waals surface area contributed by atoms with Crippen LogP contribution in [0, 0.1) is 29.6 Å². The van der Waals surface area contributed by atoms with E-state index in [1.807, 2.05) is 12.1 Å². The predicted molar refractivity (Wildman–Crippen MR) is 624 cm³/mol. The van der Waals surface area contributed by atoms with Crippen LogP contribution >= 0.6 is 0 Å². The first kappa shape index (κ1) is 103. The fraction of sp³-hybridized carbons (Fsp3) is 0.360. The van der Waals surface area contributed by atoms with Crippen LogP contribution in [0.1, 0.15) is 378 Å². The monoisotopic (exact) mass is 1910 g/mol. The first-order valence-electron chi connectivity index (χ1n) is 52.2. The van der Waals surface area contributed by atoms with Crippen LogP contribution in [0.4, 0.5) is 0 Å². The van der Waals surface area contributed by atoms with E-state index in [-0.39, 0.29) is 65.0 Å². The van der Waals surface area contributed by atoms with Crippen LogP contribution in [-0.2, 0) is 65.0 Å². The number of rotatable bonds is 8. The van der Waals surface area contributed by atoms with E-state index in [0.29, 0.717) is 34.2 Å². The summed E-state index contributed by atoms with van der Waals surface area (Å²) in [6.07, 6.45) is 17.6. The Labute approximate surface area is 865 Å². The summed E-state index contributed by atoms with van der Waals surface area (Å²) in [5, 5.41) is 0. The molecule has 4 N–H and O–H groups in total. The number of aromatic amines is 4. The Morgan fingerprint density at radius 1 is 0.200 bits per heavy atom. The minimum atomic E-state index is -0.207. The normalized spacial score (nSPS) is 13.5. The van der Waals surface area contributed by atoms with Crippen molar-refractivity contribution in [2.24, 2.45) is 0 Å². The van der Waals surface area contributed by atoms with Gasteiger partial charge in [-0.25, -0.2) is 19.9 Å². The van der Waals surface area contributed by atoms with Gasteiger partial charge in [0.05, 0.1) is 69.3 Å². The number of fused-ring (bicyclic) bond motifs is 16. The highest BCUT2D eigenvalue weighted by Crippen LogP contribution is 2.49. The number of hydrogen-bond donors (Lipinski definition) is 4. The van der Waals surface area contributed by atoms with Crippen molar-refractivity contribution in [2.75, 3.05) is 7.11 Å². The highest BCUT2D eigenvalue weighted by atomic mass is 16.5. The van der Waals surface area contributed by atoms with Crippen LogP contribution in [0.3, 0.4) is 0 Å². The Bertz CT molecular complexity index is 7250. The fourth-order valence-electron chi connectivity index (χ4n) is 19.5. The maximum Gasteiger partial charge on any atom is 0.163 e. The van der Waals surface area contributed by atoms with Crippen LogP contribution in [0.2, 0.25) is 0 Å². The molecule has 7 aromatic carbocycles. The molecule has 0 radical (unpaired) electrons. The van der Waals surface area contributed by atoms with Crippen molar-refractivity contribution in [3.05, 3.63) is 317 Å². The van der Waals surface area contributed by atoms with E-state index < -0.39 is 0 Å². The molecule has 9 nitrogen and oxygen atoms in total. The van der Waals surface area contributed by atoms with Crippen LogP contribution in [0.25, 0.3) is 160 Å². The van der Waals surface area contributed by atoms with Gasteiger partial charge in [-0.2, -0.15) is 0 Å². The molecule has 0 atom stereocenters. The predicted octanol–water partition coefficient (Wildman–Crippen LogP) is 36.2. The third kappa shape index (κ3) is 21.5. The third-order valence-electron chi connectivity index (χ3n) is 29.2. The molecule has 6 aromatic heterocycles. The number of benzene rings is 7. The summed E-state index contributed by atoms with van der Waals surface area (Å²) in [4.78, 5) is 40.6. The van der Waals surface area contributed by atoms with Crippen molar-refractivity contribution >= 4 is 92.7 Å². The summed E-state index contributed by atoms with van der Waals surface area (Å²) in [6.45, 7) is 83.3. The molecular formula is C136H153N8O+. The molecule has 4 aliphatic rings. The van der Waals surface area contributed by atoms with Gasteiger partial charge < -0.3 is 24.7 Å². The number of ether oxygens (including phenoxy) is 1. The van der Waals surface area contributed by atoms with Crippen molar-refractivity contribution in [2.45, 2.75) is 314 Å². The second-order valence-electron chi connectivity index (χ2n) is 53.4. The number of methoxy groups -OCH3 is 1. The molecule has 0 saturated heterocycles. The van der Waals surface area contributed by atoms with Gasteiger partial charge in [0, 0.05) is 114 Å². The zero-order valence-electron chi connectivity index (χ0n) is 93.6. The molecule has 0 fully saturated rings. The summed E-state index contributed by atoms with van der Waals surface area (Å²) < 4.78 is 5.97. The zero-order valence-corrected chi connectivity index (χ0v) is 93.6. The standard InChI is InChI=1S/C136H153N8O/c1-125(2,3)88-62-82(63-89(74-88)126(4,5)6)119-107-50-46-103(137-107)101(104-47-51-108(138-104)120(83-64-90(127(7,8)9)75-91(65-83)128(10,11)12)112-55-59-116(142-112)123(115-58-54-111(119)141-115)86-70-96(133(25,26)27)78-97(71-86)134(28,29)30)44-40-81(80-38-42-100(145-37)43-39-80)41-45-102-105-48-52-109(139-105)121(84-66-92(129(13,14)15)76-93(67-84)130(16,17)18)113-56-60-117(143-113)124(87-72-98(135(31,32)33)79-99(73-87)136(34,35)36)118-61-57-114(144-118)122(110-53-49-106(102)140-110)85-68-94(131(19,20)21)77-95(69-85)132(22,23)24/h38-39,42-43,46-79,137,139,142,144H,1-37H3/q+1. The minimum Gasteiger partial charge on any atom is -0.495 e. The highest BCUT2D eigenvalue weighted by Gasteiger charge is 2.34. The zero-order chi connectivity index (χ0) is 105. The molecule has 16 bridgehead atoms. The van der Waals surface area contributed by atoms with Gasteiger partial charge in [0.25, 0.3) is 0 Å². The maximum atomic E-state index is 5.99. The summed E-state index contributed by atoms with van der Waals surface area (Å²) in [5.74, 6) is 16.9. The van der Waals surface area contributed by atoms with Gasteiger partial charge in [0.1, 0.15) is 16.9 Å². The molecular weight excluding hydrogens is 1760 g/mol. The molecule has 0 saturated carbocycles. The van der Waals surface area contributed by atoms with Gasteiger partial charge >= 0.3 is 0 Å². The van der Waals surface area contributed by atoms with Gasteiger partial charge in [0.2, 0.25) is 0 Å². The summed E-state index contributed by atoms with van der Waals surface area (Å²) in [6, 6.07) is 69.2. The Morgan fingerprint density at radius 2 is 0.359 bits per heavy atom. The lowest BCUT2D eigenvalue weighted by atomic mass is 9.78. The number of nitrogens with zero attached hydrogens (tertiary/aromatic N) is 4. The van der Waals surface area contributed by atoms with Crippen molar-refractivity contribution in [1.29, 1.82) is 0 Å². The van der Waals surface area contributed by atoms with E-state index in [2.05, 4.69) is 511 Å². The van der Waals surface area contributed by atoms with Crippen LogP contribution in [-0.4, -0.2) is 47.0 Å². The van der Waals surface area contributed by atoms with Crippen molar-refractivity contribution in [1.82, 2.24) is 39.9 Å². The lowest BCUT2D eigenvalue weighted by Crippen LogP contribution is -2.16. The molecule has 17 rings (SSSR count). The molecule has 10 heterocycles. The lowest BCUT2D eigenvalue weighted by Gasteiger charge is -2.26. The van der Waals surface area contributed by atoms with E-state index in [4.69, 9.17) is 24.7 Å². The van der Waals surface area contributed by atoms with E-state index in [1.54, 1.807) is 7.11 Å². The smallest absolute Gasteiger partial charge is 0.163 e. The van der Waals surface area contributed by atoms with Gasteiger partial charge in [-0.3, -0.25) is 0 Å². The third-order valence-corrected chi connectivity index (χ3v) is 29.2. The van der Waals surface area contributed by atoms with Gasteiger partial charge in [-0.1, -0.05) is 358 Å². The van der Waals surface area contributed by atoms with Crippen LogP contribution < -0.4 is 4.74 Å². The van der Waals surface area contributed by atoms with Crippen molar-refractivity contribution in [3.63, 3.8) is 0 Å². The second-order valence-corrected chi connectivity index (χ2v) is 53.4. The molecule has 0 amide bonds. The van der Waals surface area contributed by atoms with Gasteiger partial charge in [-0.15, -0.1) is 0 Å². The lowest BCUT2D eigenvalue weighted by molar-refractivity contribution is 0.414. The summed E-state index contributed by atoms with van der Waals surface area (Å²) >= 11 is 0. The largest absolute Gasteiger partial charge is 0.495 e. The van der Waals surface area contributed by atoms with Gasteiger partial charge in [0.15, 0.2) is 5.92 Å². The quantitative estimate of drug-likeness (QED) is 0.0891.